The van der Waals surface area contributed by atoms with Crippen LogP contribution in [0.1, 0.15) is 24.1 Å². The number of thiazole rings is 1. The van der Waals surface area contributed by atoms with Crippen molar-refractivity contribution >= 4 is 11.3 Å². The summed E-state index contributed by atoms with van der Waals surface area (Å²) in [7, 11) is 1.70. The molecule has 0 N–H and O–H groups in total. The molecule has 4 nitrogen and oxygen atoms in total. The lowest BCUT2D eigenvalue weighted by Gasteiger charge is -2.21. The maximum absolute atomic E-state index is 5.44. The minimum Gasteiger partial charge on any atom is -0.497 e. The second kappa shape index (κ2) is 6.79. The summed E-state index contributed by atoms with van der Waals surface area (Å²) in [6.45, 7) is 1.83. The molecular formula is C19H20N2O2S. The highest BCUT2D eigenvalue weighted by Crippen LogP contribution is 2.31. The Bertz CT molecular complexity index is 776. The normalized spacial score (nSPS) is 14.2. The summed E-state index contributed by atoms with van der Waals surface area (Å²) in [6.07, 6.45) is 4.26. The van der Waals surface area contributed by atoms with Crippen molar-refractivity contribution < 1.29 is 9.15 Å². The lowest BCUT2D eigenvalue weighted by atomic mass is 10.2. The highest BCUT2D eigenvalue weighted by molar-refractivity contribution is 7.13. The molecule has 1 aromatic carbocycles. The number of furan rings is 1. The Morgan fingerprint density at radius 3 is 2.71 bits per heavy atom. The molecule has 5 heteroatoms. The van der Waals surface area contributed by atoms with Gasteiger partial charge in [0.1, 0.15) is 5.75 Å². The van der Waals surface area contributed by atoms with Gasteiger partial charge in [-0.3, -0.25) is 4.90 Å². The van der Waals surface area contributed by atoms with Gasteiger partial charge in [0, 0.05) is 24.5 Å². The van der Waals surface area contributed by atoms with Crippen molar-refractivity contribution in [2.45, 2.75) is 32.0 Å². The van der Waals surface area contributed by atoms with Crippen molar-refractivity contribution in [3.63, 3.8) is 0 Å². The summed E-state index contributed by atoms with van der Waals surface area (Å²) in [6, 6.07) is 12.9. The number of nitrogens with zero attached hydrogens (tertiary/aromatic N) is 2. The Morgan fingerprint density at radius 1 is 1.21 bits per heavy atom. The van der Waals surface area contributed by atoms with E-state index in [1.165, 1.54) is 18.4 Å². The second-order valence-electron chi connectivity index (χ2n) is 6.11. The SMILES string of the molecule is COc1ccc(CN(Cc2csc(-c3ccco3)n2)C2CC2)cc1. The van der Waals surface area contributed by atoms with Crippen molar-refractivity contribution in [2.24, 2.45) is 0 Å². The Labute approximate surface area is 145 Å². The van der Waals surface area contributed by atoms with Crippen LogP contribution in [0.15, 0.2) is 52.5 Å². The van der Waals surface area contributed by atoms with Gasteiger partial charge in [-0.15, -0.1) is 11.3 Å². The summed E-state index contributed by atoms with van der Waals surface area (Å²) in [5, 5.41) is 3.09. The summed E-state index contributed by atoms with van der Waals surface area (Å²) in [5.41, 5.74) is 2.43. The fourth-order valence-corrected chi connectivity index (χ4v) is 3.60. The number of hydrogen-bond donors (Lipinski definition) is 0. The van der Waals surface area contributed by atoms with Crippen LogP contribution in [0.4, 0.5) is 0 Å². The molecule has 0 radical (unpaired) electrons. The number of hydrogen-bond acceptors (Lipinski definition) is 5. The predicted octanol–water partition coefficient (Wildman–Crippen LogP) is 4.58. The van der Waals surface area contributed by atoms with Crippen molar-refractivity contribution in [1.82, 2.24) is 9.88 Å². The third-order valence-corrected chi connectivity index (χ3v) is 5.16. The molecule has 0 saturated heterocycles. The van der Waals surface area contributed by atoms with E-state index in [1.54, 1.807) is 24.7 Å². The summed E-state index contributed by atoms with van der Waals surface area (Å²) >= 11 is 1.64. The van der Waals surface area contributed by atoms with Crippen LogP contribution in [-0.2, 0) is 13.1 Å². The van der Waals surface area contributed by atoms with Crippen LogP contribution < -0.4 is 4.74 Å². The molecule has 1 fully saturated rings. The molecule has 1 aliphatic rings. The van der Waals surface area contributed by atoms with E-state index in [2.05, 4.69) is 22.4 Å². The lowest BCUT2D eigenvalue weighted by Crippen LogP contribution is -2.25. The van der Waals surface area contributed by atoms with Crippen LogP contribution in [0, 0.1) is 0 Å². The van der Waals surface area contributed by atoms with Crippen LogP contribution in [0.2, 0.25) is 0 Å². The van der Waals surface area contributed by atoms with Gasteiger partial charge in [0.15, 0.2) is 10.8 Å². The molecule has 2 aromatic heterocycles. The van der Waals surface area contributed by atoms with Crippen molar-refractivity contribution in [3.8, 4) is 16.5 Å². The molecule has 0 unspecified atom stereocenters. The van der Waals surface area contributed by atoms with E-state index in [-0.39, 0.29) is 0 Å². The Kier molecular flexibility index (Phi) is 4.36. The molecule has 0 spiro atoms. The van der Waals surface area contributed by atoms with E-state index in [1.807, 2.05) is 24.3 Å². The first-order chi connectivity index (χ1) is 11.8. The van der Waals surface area contributed by atoms with Crippen LogP contribution in [0.3, 0.4) is 0 Å². The Balaban J connectivity index is 1.45. The summed E-state index contributed by atoms with van der Waals surface area (Å²) in [5.74, 6) is 1.75. The van der Waals surface area contributed by atoms with Gasteiger partial charge in [-0.25, -0.2) is 4.98 Å². The average Bonchev–Trinajstić information content (AvgIpc) is 3.11. The molecule has 3 aromatic rings. The van der Waals surface area contributed by atoms with Crippen LogP contribution in [0.25, 0.3) is 10.8 Å². The van der Waals surface area contributed by atoms with Gasteiger partial charge < -0.3 is 9.15 Å². The molecule has 1 aliphatic carbocycles. The molecule has 1 saturated carbocycles. The van der Waals surface area contributed by atoms with E-state index < -0.39 is 0 Å². The molecular weight excluding hydrogens is 320 g/mol. The van der Waals surface area contributed by atoms with E-state index >= 15 is 0 Å². The minimum atomic E-state index is 0.681. The molecule has 0 bridgehead atoms. The van der Waals surface area contributed by atoms with Gasteiger partial charge >= 0.3 is 0 Å². The first-order valence-corrected chi connectivity index (χ1v) is 9.05. The fourth-order valence-electron chi connectivity index (χ4n) is 2.82. The summed E-state index contributed by atoms with van der Waals surface area (Å²) < 4.78 is 10.7. The van der Waals surface area contributed by atoms with E-state index in [9.17, 15) is 0 Å². The zero-order valence-electron chi connectivity index (χ0n) is 13.6. The van der Waals surface area contributed by atoms with Gasteiger partial charge in [-0.2, -0.15) is 0 Å². The van der Waals surface area contributed by atoms with Gasteiger partial charge in [0.05, 0.1) is 19.1 Å². The number of methoxy groups -OCH3 is 1. The highest BCUT2D eigenvalue weighted by Gasteiger charge is 2.29. The minimum absolute atomic E-state index is 0.681. The topological polar surface area (TPSA) is 38.5 Å². The second-order valence-corrected chi connectivity index (χ2v) is 6.96. The fraction of sp³-hybridized carbons (Fsp3) is 0.316. The maximum Gasteiger partial charge on any atom is 0.162 e. The van der Waals surface area contributed by atoms with Gasteiger partial charge in [-0.05, 0) is 42.7 Å². The van der Waals surface area contributed by atoms with Crippen LogP contribution in [-0.4, -0.2) is 23.0 Å². The Morgan fingerprint density at radius 2 is 2.04 bits per heavy atom. The lowest BCUT2D eigenvalue weighted by molar-refractivity contribution is 0.243. The maximum atomic E-state index is 5.44. The largest absolute Gasteiger partial charge is 0.497 e. The zero-order valence-corrected chi connectivity index (χ0v) is 14.5. The first kappa shape index (κ1) is 15.4. The summed E-state index contributed by atoms with van der Waals surface area (Å²) in [4.78, 5) is 7.25. The van der Waals surface area contributed by atoms with Crippen LogP contribution >= 0.6 is 11.3 Å². The third-order valence-electron chi connectivity index (χ3n) is 4.26. The first-order valence-electron chi connectivity index (χ1n) is 8.17. The molecule has 124 valence electrons. The molecule has 24 heavy (non-hydrogen) atoms. The van der Waals surface area contributed by atoms with Gasteiger partial charge in [0.25, 0.3) is 0 Å². The number of rotatable bonds is 7. The predicted molar refractivity (Wildman–Crippen MR) is 95.1 cm³/mol. The molecule has 0 amide bonds. The number of aromatic nitrogens is 1. The van der Waals surface area contributed by atoms with E-state index in [0.717, 1.165) is 35.3 Å². The third kappa shape index (κ3) is 3.52. The number of ether oxygens (including phenoxy) is 1. The van der Waals surface area contributed by atoms with E-state index in [0.29, 0.717) is 6.04 Å². The highest BCUT2D eigenvalue weighted by atomic mass is 32.1. The van der Waals surface area contributed by atoms with Crippen molar-refractivity contribution in [3.05, 3.63) is 59.3 Å². The van der Waals surface area contributed by atoms with E-state index in [4.69, 9.17) is 14.1 Å². The van der Waals surface area contributed by atoms with Gasteiger partial charge in [0.2, 0.25) is 0 Å². The molecule has 4 rings (SSSR count). The Hall–Kier alpha value is -2.11. The number of benzene rings is 1. The standard InChI is InChI=1S/C19H20N2O2S/c1-22-17-8-4-14(5-9-17)11-21(16-6-7-16)12-15-13-24-19(20-15)18-3-2-10-23-18/h2-5,8-10,13,16H,6-7,11-12H2,1H3. The molecule has 0 aliphatic heterocycles. The average molecular weight is 340 g/mol. The molecule has 2 heterocycles. The van der Waals surface area contributed by atoms with Crippen LogP contribution in [0.5, 0.6) is 5.75 Å². The quantitative estimate of drug-likeness (QED) is 0.631. The van der Waals surface area contributed by atoms with Crippen molar-refractivity contribution in [2.75, 3.05) is 7.11 Å². The smallest absolute Gasteiger partial charge is 0.162 e. The molecule has 0 atom stereocenters. The monoisotopic (exact) mass is 340 g/mol. The van der Waals surface area contributed by atoms with Gasteiger partial charge in [-0.1, -0.05) is 12.1 Å². The van der Waals surface area contributed by atoms with Crippen molar-refractivity contribution in [1.29, 1.82) is 0 Å². The zero-order chi connectivity index (χ0) is 16.4.